The minimum atomic E-state index is -0.398. The van der Waals surface area contributed by atoms with E-state index in [0.717, 1.165) is 39.6 Å². The Morgan fingerprint density at radius 1 is 1.11 bits per heavy atom. The van der Waals surface area contributed by atoms with Crippen molar-refractivity contribution in [1.29, 1.82) is 0 Å². The van der Waals surface area contributed by atoms with Crippen LogP contribution in [0.1, 0.15) is 25.8 Å². The molecule has 7 heteroatoms. The highest BCUT2D eigenvalue weighted by molar-refractivity contribution is 5.96. The van der Waals surface area contributed by atoms with Crippen molar-refractivity contribution in [2.75, 3.05) is 11.4 Å². The van der Waals surface area contributed by atoms with Gasteiger partial charge in [-0.2, -0.15) is 0 Å². The van der Waals surface area contributed by atoms with Gasteiger partial charge < -0.3 is 15.2 Å². The number of amides is 1. The monoisotopic (exact) mass is 462 g/mol. The van der Waals surface area contributed by atoms with Crippen LogP contribution in [0.25, 0.3) is 33.2 Å². The molecule has 0 bridgehead atoms. The maximum Gasteiger partial charge on any atom is 0.227 e. The van der Waals surface area contributed by atoms with E-state index in [0.29, 0.717) is 25.2 Å². The number of hydrogen-bond acceptors (Lipinski definition) is 3. The molecule has 35 heavy (non-hydrogen) atoms. The minimum Gasteiger partial charge on any atom is -0.340 e. The maximum atomic E-state index is 12.9. The average Bonchev–Trinajstić information content (AvgIpc) is 3.56. The van der Waals surface area contributed by atoms with Crippen LogP contribution in [0.2, 0.25) is 0 Å². The Morgan fingerprint density at radius 3 is 2.63 bits per heavy atom. The van der Waals surface area contributed by atoms with E-state index in [1.165, 1.54) is 0 Å². The molecule has 4 heterocycles. The highest BCUT2D eigenvalue weighted by Gasteiger charge is 2.38. The van der Waals surface area contributed by atoms with E-state index in [1.54, 1.807) is 0 Å². The van der Waals surface area contributed by atoms with E-state index in [-0.39, 0.29) is 11.8 Å². The number of nitrogens with zero attached hydrogens (tertiary/aromatic N) is 5. The zero-order chi connectivity index (χ0) is 24.3. The van der Waals surface area contributed by atoms with Gasteiger partial charge >= 0.3 is 0 Å². The van der Waals surface area contributed by atoms with E-state index in [4.69, 9.17) is 12.3 Å². The molecule has 7 nitrogen and oxygen atoms in total. The first kappa shape index (κ1) is 21.4. The third-order valence-electron chi connectivity index (χ3n) is 7.25. The van der Waals surface area contributed by atoms with Crippen LogP contribution in [0.4, 0.5) is 11.4 Å². The van der Waals surface area contributed by atoms with Gasteiger partial charge in [-0.3, -0.25) is 9.36 Å². The van der Waals surface area contributed by atoms with Crippen LogP contribution in [0.15, 0.2) is 67.1 Å². The summed E-state index contributed by atoms with van der Waals surface area (Å²) in [5, 5.41) is 0. The SMILES string of the molecule is [C-]#[N+]c1ccc(-c2cc3n(c2)Cc2cc(N4CC(C(C)(C)N)CC4=O)ccc2-n2ccnc2-3)cc1. The van der Waals surface area contributed by atoms with Gasteiger partial charge in [-0.1, -0.05) is 24.3 Å². The van der Waals surface area contributed by atoms with Gasteiger partial charge in [0.1, 0.15) is 0 Å². The lowest BCUT2D eigenvalue weighted by molar-refractivity contribution is -0.117. The summed E-state index contributed by atoms with van der Waals surface area (Å²) in [5.74, 6) is 1.13. The number of carbonyl (C=O) groups is 1. The molecule has 1 unspecified atom stereocenters. The fourth-order valence-corrected chi connectivity index (χ4v) is 5.14. The summed E-state index contributed by atoms with van der Waals surface area (Å²) >= 11 is 0. The van der Waals surface area contributed by atoms with Gasteiger partial charge in [0.25, 0.3) is 0 Å². The fourth-order valence-electron chi connectivity index (χ4n) is 5.14. The molecule has 1 amide bonds. The van der Waals surface area contributed by atoms with Gasteiger partial charge in [-0.25, -0.2) is 9.83 Å². The number of hydrogen-bond donors (Lipinski definition) is 1. The highest BCUT2D eigenvalue weighted by Crippen LogP contribution is 2.37. The van der Waals surface area contributed by atoms with Crippen molar-refractivity contribution < 1.29 is 4.79 Å². The maximum absolute atomic E-state index is 12.9. The lowest BCUT2D eigenvalue weighted by atomic mass is 9.88. The van der Waals surface area contributed by atoms with E-state index >= 15 is 0 Å². The number of aromatic nitrogens is 3. The van der Waals surface area contributed by atoms with Crippen LogP contribution in [0.5, 0.6) is 0 Å². The Kier molecular flexibility index (Phi) is 4.70. The van der Waals surface area contributed by atoms with E-state index < -0.39 is 5.54 Å². The molecule has 1 atom stereocenters. The lowest BCUT2D eigenvalue weighted by Gasteiger charge is -2.26. The lowest BCUT2D eigenvalue weighted by Crippen LogP contribution is -2.42. The second-order valence-corrected chi connectivity index (χ2v) is 10.1. The van der Waals surface area contributed by atoms with Crippen molar-refractivity contribution in [1.82, 2.24) is 14.1 Å². The summed E-state index contributed by atoms with van der Waals surface area (Å²) in [6, 6.07) is 16.0. The summed E-state index contributed by atoms with van der Waals surface area (Å²) in [7, 11) is 0. The first-order chi connectivity index (χ1) is 16.8. The third-order valence-corrected chi connectivity index (χ3v) is 7.25. The number of anilines is 1. The second-order valence-electron chi connectivity index (χ2n) is 10.1. The van der Waals surface area contributed by atoms with Crippen molar-refractivity contribution in [2.24, 2.45) is 11.7 Å². The Labute approximate surface area is 204 Å². The van der Waals surface area contributed by atoms with Gasteiger partial charge in [0, 0.05) is 60.8 Å². The van der Waals surface area contributed by atoms with Crippen molar-refractivity contribution >= 4 is 17.3 Å². The van der Waals surface area contributed by atoms with Crippen LogP contribution in [0.3, 0.4) is 0 Å². The minimum absolute atomic E-state index is 0.122. The average molecular weight is 463 g/mol. The van der Waals surface area contributed by atoms with Crippen LogP contribution in [0, 0.1) is 12.5 Å². The Morgan fingerprint density at radius 2 is 1.91 bits per heavy atom. The topological polar surface area (TPSA) is 73.4 Å². The molecule has 2 aliphatic rings. The fraction of sp³-hybridized carbons (Fsp3) is 0.250. The van der Waals surface area contributed by atoms with Gasteiger partial charge in [0.2, 0.25) is 5.91 Å². The molecule has 2 aliphatic heterocycles. The smallest absolute Gasteiger partial charge is 0.227 e. The molecule has 1 fully saturated rings. The van der Waals surface area contributed by atoms with E-state index in [9.17, 15) is 4.79 Å². The van der Waals surface area contributed by atoms with Gasteiger partial charge in [0.15, 0.2) is 11.5 Å². The molecule has 0 aliphatic carbocycles. The first-order valence-electron chi connectivity index (χ1n) is 11.8. The zero-order valence-electron chi connectivity index (χ0n) is 19.8. The molecule has 1 saturated heterocycles. The molecule has 174 valence electrons. The van der Waals surface area contributed by atoms with Crippen LogP contribution in [-0.2, 0) is 11.3 Å². The molecule has 0 saturated carbocycles. The number of imidazole rings is 1. The van der Waals surface area contributed by atoms with Crippen molar-refractivity contribution in [3.05, 3.63) is 84.1 Å². The van der Waals surface area contributed by atoms with Gasteiger partial charge in [-0.05, 0) is 49.2 Å². The standard InChI is InChI=1S/C28H26N6O/c1-28(2,29)21-14-26(35)34(17-21)23-8-9-24-20(12-23)16-32-15-19(18-4-6-22(30-3)7-5-18)13-25(32)27-31-10-11-33(24)27/h4-13,15,21H,14,16-17,29H2,1-2H3. The highest BCUT2D eigenvalue weighted by atomic mass is 16.2. The molecule has 0 radical (unpaired) electrons. The number of benzene rings is 2. The van der Waals surface area contributed by atoms with Crippen LogP contribution in [-0.4, -0.2) is 32.1 Å². The van der Waals surface area contributed by atoms with Crippen molar-refractivity contribution in [3.8, 4) is 28.3 Å². The summed E-state index contributed by atoms with van der Waals surface area (Å²) < 4.78 is 4.32. The Hall–Kier alpha value is -4.15. The summed E-state index contributed by atoms with van der Waals surface area (Å²) in [6.45, 7) is 12.5. The molecular weight excluding hydrogens is 436 g/mol. The predicted octanol–water partition coefficient (Wildman–Crippen LogP) is 5.01. The van der Waals surface area contributed by atoms with E-state index in [2.05, 4.69) is 43.4 Å². The number of nitrogens with two attached hydrogens (primary N) is 1. The number of carbonyl (C=O) groups excluding carboxylic acids is 1. The zero-order valence-corrected chi connectivity index (χ0v) is 19.8. The Balaban J connectivity index is 1.40. The molecule has 6 rings (SSSR count). The summed E-state index contributed by atoms with van der Waals surface area (Å²) in [6.07, 6.45) is 6.41. The van der Waals surface area contributed by atoms with Crippen LogP contribution >= 0.6 is 0 Å². The number of rotatable bonds is 3. The molecule has 2 aromatic carbocycles. The summed E-state index contributed by atoms with van der Waals surface area (Å²) in [4.78, 5) is 22.9. The predicted molar refractivity (Wildman–Crippen MR) is 137 cm³/mol. The van der Waals surface area contributed by atoms with Crippen molar-refractivity contribution in [2.45, 2.75) is 32.4 Å². The molecule has 2 aromatic heterocycles. The van der Waals surface area contributed by atoms with Crippen molar-refractivity contribution in [3.63, 3.8) is 0 Å². The second kappa shape index (κ2) is 7.69. The molecule has 2 N–H and O–H groups in total. The Bertz CT molecular complexity index is 1500. The largest absolute Gasteiger partial charge is 0.340 e. The molecule has 4 aromatic rings. The summed E-state index contributed by atoms with van der Waals surface area (Å²) in [5.41, 5.74) is 12.8. The third kappa shape index (κ3) is 3.54. The van der Waals surface area contributed by atoms with Gasteiger partial charge in [0.05, 0.1) is 18.0 Å². The molecular formula is C28H26N6O. The normalized spacial score (nSPS) is 16.9. The van der Waals surface area contributed by atoms with E-state index in [1.807, 2.05) is 61.5 Å². The first-order valence-corrected chi connectivity index (χ1v) is 11.8. The van der Waals surface area contributed by atoms with Gasteiger partial charge in [-0.15, -0.1) is 0 Å². The molecule has 0 spiro atoms. The van der Waals surface area contributed by atoms with Crippen LogP contribution < -0.4 is 10.6 Å². The quantitative estimate of drug-likeness (QED) is 0.383. The number of fused-ring (bicyclic) bond motifs is 5.